The molecule has 0 saturated carbocycles. The molecule has 1 heterocycles. The van der Waals surface area contributed by atoms with E-state index >= 15 is 0 Å². The van der Waals surface area contributed by atoms with E-state index in [4.69, 9.17) is 9.47 Å². The second-order valence-electron chi connectivity index (χ2n) is 6.05. The van der Waals surface area contributed by atoms with Gasteiger partial charge < -0.3 is 9.47 Å². The van der Waals surface area contributed by atoms with E-state index in [1.165, 1.54) is 0 Å². The first-order valence-corrected chi connectivity index (χ1v) is 8.57. The predicted molar refractivity (Wildman–Crippen MR) is 96.8 cm³/mol. The molecule has 27 heavy (non-hydrogen) atoms. The van der Waals surface area contributed by atoms with Crippen molar-refractivity contribution in [1.29, 1.82) is 0 Å². The van der Waals surface area contributed by atoms with E-state index in [0.29, 0.717) is 23.2 Å². The highest BCUT2D eigenvalue weighted by atomic mass is 19.3. The molecule has 3 aromatic rings. The number of halogens is 2. The number of nitrogens with zero attached hydrogens (tertiary/aromatic N) is 2. The first-order chi connectivity index (χ1) is 13.0. The summed E-state index contributed by atoms with van der Waals surface area (Å²) in [6.45, 7) is -1.23. The van der Waals surface area contributed by atoms with Crippen LogP contribution >= 0.6 is 0 Å². The Balaban J connectivity index is 1.71. The van der Waals surface area contributed by atoms with Crippen molar-refractivity contribution in [2.45, 2.75) is 32.4 Å². The van der Waals surface area contributed by atoms with Crippen molar-refractivity contribution >= 4 is 17.0 Å². The minimum absolute atomic E-state index is 0.0249. The average molecular weight is 374 g/mol. The highest BCUT2D eigenvalue weighted by Crippen LogP contribution is 2.28. The van der Waals surface area contributed by atoms with Crippen LogP contribution in [0.25, 0.3) is 11.0 Å². The van der Waals surface area contributed by atoms with Crippen molar-refractivity contribution in [3.8, 4) is 5.75 Å². The number of carbonyl (C=O) groups excluding carboxylic acids is 1. The Morgan fingerprint density at radius 2 is 1.85 bits per heavy atom. The maximum atomic E-state index is 13.5. The molecule has 142 valence electrons. The van der Waals surface area contributed by atoms with Gasteiger partial charge in [0.15, 0.2) is 11.9 Å². The third-order valence-corrected chi connectivity index (χ3v) is 4.28. The van der Waals surface area contributed by atoms with Gasteiger partial charge in [-0.15, -0.1) is 0 Å². The molecule has 0 saturated heterocycles. The number of imidazole rings is 1. The summed E-state index contributed by atoms with van der Waals surface area (Å²) in [5, 5.41) is 0. The van der Waals surface area contributed by atoms with Gasteiger partial charge in [-0.3, -0.25) is 9.36 Å². The van der Waals surface area contributed by atoms with E-state index in [9.17, 15) is 13.6 Å². The summed E-state index contributed by atoms with van der Waals surface area (Å²) in [6, 6.07) is 14.0. The number of hydrogen-bond acceptors (Lipinski definition) is 4. The minimum Gasteiger partial charge on any atom is -0.496 e. The smallest absolute Gasteiger partial charge is 0.320 e. The maximum absolute atomic E-state index is 13.5. The molecule has 7 heteroatoms. The first kappa shape index (κ1) is 18.8. The molecular formula is C20H20F2N2O3. The van der Waals surface area contributed by atoms with Gasteiger partial charge in [-0.05, 0) is 37.1 Å². The Kier molecular flexibility index (Phi) is 5.69. The molecule has 5 nitrogen and oxygen atoms in total. The van der Waals surface area contributed by atoms with Crippen LogP contribution in [-0.2, 0) is 16.0 Å². The fraction of sp³-hybridized carbons (Fsp3) is 0.300. The zero-order valence-electron chi connectivity index (χ0n) is 15.1. The quantitative estimate of drug-likeness (QED) is 0.564. The second-order valence-corrected chi connectivity index (χ2v) is 6.05. The van der Waals surface area contributed by atoms with Gasteiger partial charge in [-0.25, -0.2) is 4.98 Å². The van der Waals surface area contributed by atoms with Crippen molar-refractivity contribution in [1.82, 2.24) is 9.55 Å². The van der Waals surface area contributed by atoms with Gasteiger partial charge in [0.25, 0.3) is 0 Å². The van der Waals surface area contributed by atoms with Crippen molar-refractivity contribution in [3.63, 3.8) is 0 Å². The van der Waals surface area contributed by atoms with Gasteiger partial charge in [0.05, 0.1) is 18.1 Å². The summed E-state index contributed by atoms with van der Waals surface area (Å²) < 4.78 is 38.4. The SMILES string of the molecule is COc1ccccc1CCC(=O)OC(C)c1nc2ccccc2n1C(F)F. The summed E-state index contributed by atoms with van der Waals surface area (Å²) in [6.07, 6.45) is -0.350. The highest BCUT2D eigenvalue weighted by molar-refractivity contribution is 5.76. The number of carbonyl (C=O) groups is 1. The lowest BCUT2D eigenvalue weighted by atomic mass is 10.1. The molecule has 0 aliphatic carbocycles. The number of methoxy groups -OCH3 is 1. The molecule has 0 radical (unpaired) electrons. The molecule has 0 fully saturated rings. The summed E-state index contributed by atoms with van der Waals surface area (Å²) in [5.74, 6) is 0.232. The summed E-state index contributed by atoms with van der Waals surface area (Å²) in [7, 11) is 1.56. The third-order valence-electron chi connectivity index (χ3n) is 4.28. The number of aryl methyl sites for hydroxylation is 1. The molecule has 0 aliphatic rings. The van der Waals surface area contributed by atoms with E-state index < -0.39 is 18.6 Å². The number of esters is 1. The Morgan fingerprint density at radius 1 is 1.15 bits per heavy atom. The largest absolute Gasteiger partial charge is 0.496 e. The third kappa shape index (κ3) is 4.07. The van der Waals surface area contributed by atoms with Crippen LogP contribution in [0, 0.1) is 0 Å². The fourth-order valence-electron chi connectivity index (χ4n) is 3.01. The number of benzene rings is 2. The fourth-order valence-corrected chi connectivity index (χ4v) is 3.01. The van der Waals surface area contributed by atoms with Crippen LogP contribution in [0.3, 0.4) is 0 Å². The number of para-hydroxylation sites is 3. The van der Waals surface area contributed by atoms with Crippen LogP contribution < -0.4 is 4.74 Å². The van der Waals surface area contributed by atoms with E-state index in [1.54, 1.807) is 38.3 Å². The van der Waals surface area contributed by atoms with Gasteiger partial charge in [-0.2, -0.15) is 8.78 Å². The Bertz CT molecular complexity index is 940. The van der Waals surface area contributed by atoms with Crippen molar-refractivity contribution < 1.29 is 23.0 Å². The lowest BCUT2D eigenvalue weighted by Gasteiger charge is -2.15. The standard InChI is InChI=1S/C20H20F2N2O3/c1-13(19-23-15-8-4-5-9-16(15)24(19)20(21)22)27-18(25)12-11-14-7-3-6-10-17(14)26-2/h3-10,13,20H,11-12H2,1-2H3. The summed E-state index contributed by atoms with van der Waals surface area (Å²) in [5.41, 5.74) is 1.62. The summed E-state index contributed by atoms with van der Waals surface area (Å²) in [4.78, 5) is 16.4. The van der Waals surface area contributed by atoms with Crippen LogP contribution in [0.4, 0.5) is 8.78 Å². The average Bonchev–Trinajstić information content (AvgIpc) is 3.06. The topological polar surface area (TPSA) is 53.4 Å². The molecule has 0 amide bonds. The number of rotatable bonds is 7. The normalized spacial score (nSPS) is 12.3. The van der Waals surface area contributed by atoms with Gasteiger partial charge in [0, 0.05) is 6.42 Å². The number of hydrogen-bond donors (Lipinski definition) is 0. The Hall–Kier alpha value is -2.96. The van der Waals surface area contributed by atoms with Crippen molar-refractivity contribution in [2.75, 3.05) is 7.11 Å². The van der Waals surface area contributed by atoms with Crippen LogP contribution in [0.5, 0.6) is 5.75 Å². The van der Waals surface area contributed by atoms with Gasteiger partial charge >= 0.3 is 12.5 Å². The first-order valence-electron chi connectivity index (χ1n) is 8.57. The molecule has 0 aliphatic heterocycles. The summed E-state index contributed by atoms with van der Waals surface area (Å²) >= 11 is 0. The molecule has 1 aromatic heterocycles. The van der Waals surface area contributed by atoms with Crippen LogP contribution in [0.2, 0.25) is 0 Å². The molecule has 0 bridgehead atoms. The number of fused-ring (bicyclic) bond motifs is 1. The number of ether oxygens (including phenoxy) is 2. The Morgan fingerprint density at radius 3 is 2.59 bits per heavy atom. The zero-order chi connectivity index (χ0) is 19.4. The minimum atomic E-state index is -2.78. The molecule has 1 unspecified atom stereocenters. The van der Waals surface area contributed by atoms with Crippen molar-refractivity contribution in [2.24, 2.45) is 0 Å². The van der Waals surface area contributed by atoms with Crippen molar-refractivity contribution in [3.05, 3.63) is 59.9 Å². The lowest BCUT2D eigenvalue weighted by molar-refractivity contribution is -0.149. The van der Waals surface area contributed by atoms with Crippen LogP contribution in [0.15, 0.2) is 48.5 Å². The number of aromatic nitrogens is 2. The maximum Gasteiger partial charge on any atom is 0.320 e. The van der Waals surface area contributed by atoms with Crippen LogP contribution in [0.1, 0.15) is 37.4 Å². The molecule has 0 spiro atoms. The van der Waals surface area contributed by atoms with Gasteiger partial charge in [-0.1, -0.05) is 30.3 Å². The Labute approximate surface area is 155 Å². The predicted octanol–water partition coefficient (Wildman–Crippen LogP) is 4.68. The van der Waals surface area contributed by atoms with Gasteiger partial charge in [0.2, 0.25) is 0 Å². The van der Waals surface area contributed by atoms with Gasteiger partial charge in [0.1, 0.15) is 5.75 Å². The molecule has 1 atom stereocenters. The molecule has 3 rings (SSSR count). The van der Waals surface area contributed by atoms with E-state index in [1.807, 2.05) is 24.3 Å². The zero-order valence-corrected chi connectivity index (χ0v) is 15.1. The van der Waals surface area contributed by atoms with E-state index in [0.717, 1.165) is 10.1 Å². The highest BCUT2D eigenvalue weighted by Gasteiger charge is 2.24. The molecular weight excluding hydrogens is 354 g/mol. The second kappa shape index (κ2) is 8.16. The molecule has 0 N–H and O–H groups in total. The van der Waals surface area contributed by atoms with E-state index in [2.05, 4.69) is 4.98 Å². The monoisotopic (exact) mass is 374 g/mol. The molecule has 2 aromatic carbocycles. The van der Waals surface area contributed by atoms with E-state index in [-0.39, 0.29) is 12.2 Å². The lowest BCUT2D eigenvalue weighted by Crippen LogP contribution is -2.15. The number of alkyl halides is 2. The van der Waals surface area contributed by atoms with Crippen LogP contribution in [-0.4, -0.2) is 22.6 Å².